The van der Waals surface area contributed by atoms with Crippen LogP contribution in [0.2, 0.25) is 0 Å². The molecule has 2 heterocycles. The molecule has 0 spiro atoms. The molecule has 0 aliphatic carbocycles. The molecule has 8 heteroatoms. The van der Waals surface area contributed by atoms with Gasteiger partial charge in [0.15, 0.2) is 0 Å². The monoisotopic (exact) mass is 550 g/mol. The fourth-order valence-electron chi connectivity index (χ4n) is 4.32. The van der Waals surface area contributed by atoms with Crippen LogP contribution in [-0.2, 0) is 4.74 Å². The van der Waals surface area contributed by atoms with Crippen LogP contribution in [0.3, 0.4) is 0 Å². The van der Waals surface area contributed by atoms with E-state index in [1.54, 1.807) is 4.90 Å². The van der Waals surface area contributed by atoms with Gasteiger partial charge in [0.2, 0.25) is 0 Å². The van der Waals surface area contributed by atoms with Crippen LogP contribution >= 0.6 is 24.8 Å². The summed E-state index contributed by atoms with van der Waals surface area (Å²) in [4.78, 5) is 13.8. The third kappa shape index (κ3) is 9.80. The highest BCUT2D eigenvalue weighted by molar-refractivity contribution is 5.85. The molecule has 2 aliphatic rings. The molecule has 2 aromatic carbocycles. The molecule has 1 amide bonds. The molecule has 0 saturated heterocycles. The molecular weight excluding hydrogens is 511 g/mol. The highest BCUT2D eigenvalue weighted by Gasteiger charge is 2.27. The highest BCUT2D eigenvalue weighted by Crippen LogP contribution is 2.28. The zero-order valence-corrected chi connectivity index (χ0v) is 23.5. The van der Waals surface area contributed by atoms with Crippen molar-refractivity contribution in [3.63, 3.8) is 0 Å². The maximum Gasteiger partial charge on any atom is 0.410 e. The van der Waals surface area contributed by atoms with Crippen molar-refractivity contribution < 1.29 is 19.7 Å². The summed E-state index contributed by atoms with van der Waals surface area (Å²) in [5, 5.41) is 22.1. The Labute approximate surface area is 233 Å². The first kappa shape index (κ1) is 32.7. The van der Waals surface area contributed by atoms with Crippen LogP contribution in [-0.4, -0.2) is 66.2 Å². The van der Waals surface area contributed by atoms with Gasteiger partial charge in [-0.2, -0.15) is 0 Å². The number of rotatable bonds is 4. The van der Waals surface area contributed by atoms with E-state index in [0.717, 1.165) is 48.2 Å². The number of halogens is 2. The first-order chi connectivity index (χ1) is 16.8. The molecule has 0 aromatic heterocycles. The van der Waals surface area contributed by atoms with Crippen LogP contribution in [0.15, 0.2) is 71.8 Å². The fraction of sp³-hybridized carbons (Fsp3) is 0.414. The third-order valence-corrected chi connectivity index (χ3v) is 6.04. The summed E-state index contributed by atoms with van der Waals surface area (Å²) < 4.78 is 5.39. The summed E-state index contributed by atoms with van der Waals surface area (Å²) in [7, 11) is 0. The number of ether oxygens (including phenoxy) is 1. The number of aliphatic hydroxyl groups excluding tert-OH is 2. The van der Waals surface area contributed by atoms with E-state index in [4.69, 9.17) is 4.74 Å². The second-order valence-corrected chi connectivity index (χ2v) is 9.79. The summed E-state index contributed by atoms with van der Waals surface area (Å²) in [6.07, 6.45) is 1.43. The Morgan fingerprint density at radius 2 is 1.38 bits per heavy atom. The van der Waals surface area contributed by atoms with Gasteiger partial charge in [0.05, 0.1) is 13.2 Å². The van der Waals surface area contributed by atoms with Crippen molar-refractivity contribution >= 4 is 42.1 Å². The average Bonchev–Trinajstić information content (AvgIpc) is 2.88. The van der Waals surface area contributed by atoms with E-state index in [0.29, 0.717) is 13.1 Å². The van der Waals surface area contributed by atoms with Crippen LogP contribution in [0.5, 0.6) is 0 Å². The molecule has 0 saturated carbocycles. The fourth-order valence-corrected chi connectivity index (χ4v) is 4.32. The van der Waals surface area contributed by atoms with E-state index in [2.05, 4.69) is 17.4 Å². The predicted octanol–water partition coefficient (Wildman–Crippen LogP) is 5.34. The van der Waals surface area contributed by atoms with Gasteiger partial charge in [-0.25, -0.2) is 4.79 Å². The topological polar surface area (TPSA) is 82.0 Å². The van der Waals surface area contributed by atoms with Crippen LogP contribution in [0.25, 0.3) is 11.1 Å². The molecule has 4 rings (SSSR count). The molecule has 2 aromatic rings. The Balaban J connectivity index is 0.000000375. The van der Waals surface area contributed by atoms with E-state index in [1.807, 2.05) is 69.3 Å². The Kier molecular flexibility index (Phi) is 14.0. The number of nitrogens with one attached hydrogen (secondary N) is 1. The predicted molar refractivity (Wildman–Crippen MR) is 155 cm³/mol. The van der Waals surface area contributed by atoms with Crippen LogP contribution < -0.4 is 5.32 Å². The molecule has 204 valence electrons. The van der Waals surface area contributed by atoms with Crippen molar-refractivity contribution in [3.8, 4) is 0 Å². The molecule has 0 unspecified atom stereocenters. The standard InChI is InChI=1S/C17H23NO3.C12H15NO.2ClH/c1-17(2,3)21-16(20)18-10-9-15(14(11-18)12-19)13-7-5-4-6-8-13;14-9-11-8-13-7-6-12(11)10-4-2-1-3-5-10;;/h4-8,19H,9-12H2,1-3H3;1-5,13-14H,6-9H2;2*1H. The summed E-state index contributed by atoms with van der Waals surface area (Å²) >= 11 is 0. The summed E-state index contributed by atoms with van der Waals surface area (Å²) in [5.41, 5.74) is 6.33. The Hall–Kier alpha value is -2.35. The van der Waals surface area contributed by atoms with Crippen molar-refractivity contribution in [1.29, 1.82) is 0 Å². The van der Waals surface area contributed by atoms with E-state index in [9.17, 15) is 15.0 Å². The number of hydrogen-bond acceptors (Lipinski definition) is 5. The Morgan fingerprint density at radius 3 is 1.86 bits per heavy atom. The van der Waals surface area contributed by atoms with E-state index >= 15 is 0 Å². The summed E-state index contributed by atoms with van der Waals surface area (Å²) in [6, 6.07) is 20.3. The molecule has 37 heavy (non-hydrogen) atoms. The minimum atomic E-state index is -0.500. The van der Waals surface area contributed by atoms with Gasteiger partial charge >= 0.3 is 6.09 Å². The first-order valence-corrected chi connectivity index (χ1v) is 12.3. The average molecular weight is 552 g/mol. The van der Waals surface area contributed by atoms with Gasteiger partial charge in [0.25, 0.3) is 0 Å². The van der Waals surface area contributed by atoms with Gasteiger partial charge in [-0.05, 0) is 73.6 Å². The molecule has 0 fully saturated rings. The smallest absolute Gasteiger partial charge is 0.410 e. The zero-order chi connectivity index (χ0) is 25.3. The lowest BCUT2D eigenvalue weighted by Crippen LogP contribution is -2.41. The van der Waals surface area contributed by atoms with Gasteiger partial charge in [-0.15, -0.1) is 24.8 Å². The maximum absolute atomic E-state index is 12.1. The molecule has 0 bridgehead atoms. The maximum atomic E-state index is 12.1. The minimum absolute atomic E-state index is 0. The second-order valence-electron chi connectivity index (χ2n) is 9.79. The SMILES string of the molecule is CC(C)(C)OC(=O)N1CCC(c2ccccc2)=C(CO)C1.Cl.Cl.OCC1=C(c2ccccc2)CCNC1. The molecule has 0 radical (unpaired) electrons. The van der Waals surface area contributed by atoms with Gasteiger partial charge in [0.1, 0.15) is 5.60 Å². The second kappa shape index (κ2) is 15.8. The van der Waals surface area contributed by atoms with Crippen molar-refractivity contribution in [3.05, 3.63) is 82.9 Å². The normalized spacial score (nSPS) is 15.6. The number of hydrogen-bond donors (Lipinski definition) is 3. The molecular formula is C29H40Cl2N2O4. The van der Waals surface area contributed by atoms with Gasteiger partial charge < -0.3 is 25.2 Å². The van der Waals surface area contributed by atoms with Crippen molar-refractivity contribution in [2.24, 2.45) is 0 Å². The molecule has 2 aliphatic heterocycles. The van der Waals surface area contributed by atoms with Crippen LogP contribution in [0.1, 0.15) is 44.7 Å². The molecule has 3 N–H and O–H groups in total. The largest absolute Gasteiger partial charge is 0.444 e. The number of carbonyl (C=O) groups excluding carboxylic acids is 1. The van der Waals surface area contributed by atoms with Crippen molar-refractivity contribution in [2.45, 2.75) is 39.2 Å². The van der Waals surface area contributed by atoms with Crippen LogP contribution in [0, 0.1) is 0 Å². The van der Waals surface area contributed by atoms with Gasteiger partial charge in [0, 0.05) is 19.6 Å². The molecule has 0 atom stereocenters. The van der Waals surface area contributed by atoms with Gasteiger partial charge in [-0.3, -0.25) is 0 Å². The summed E-state index contributed by atoms with van der Waals surface area (Å²) in [6.45, 7) is 8.56. The third-order valence-electron chi connectivity index (χ3n) is 6.04. The zero-order valence-electron chi connectivity index (χ0n) is 21.9. The lowest BCUT2D eigenvalue weighted by Gasteiger charge is -2.32. The quantitative estimate of drug-likeness (QED) is 0.478. The summed E-state index contributed by atoms with van der Waals surface area (Å²) in [5.74, 6) is 0. The lowest BCUT2D eigenvalue weighted by molar-refractivity contribution is 0.0260. The Morgan fingerprint density at radius 1 is 0.865 bits per heavy atom. The van der Waals surface area contributed by atoms with Crippen molar-refractivity contribution in [1.82, 2.24) is 10.2 Å². The first-order valence-electron chi connectivity index (χ1n) is 12.3. The minimum Gasteiger partial charge on any atom is -0.444 e. The number of aliphatic hydroxyl groups is 2. The van der Waals surface area contributed by atoms with E-state index < -0.39 is 5.60 Å². The number of benzene rings is 2. The van der Waals surface area contributed by atoms with Gasteiger partial charge in [-0.1, -0.05) is 60.7 Å². The number of amides is 1. The molecule has 6 nitrogen and oxygen atoms in total. The lowest BCUT2D eigenvalue weighted by atomic mass is 9.94. The van der Waals surface area contributed by atoms with Crippen LogP contribution in [0.4, 0.5) is 4.79 Å². The van der Waals surface area contributed by atoms with E-state index in [-0.39, 0.29) is 44.1 Å². The highest BCUT2D eigenvalue weighted by atomic mass is 35.5. The van der Waals surface area contributed by atoms with Crippen molar-refractivity contribution in [2.75, 3.05) is 39.4 Å². The number of nitrogens with zero attached hydrogens (tertiary/aromatic N) is 1. The number of carbonyl (C=O) groups is 1. The van der Waals surface area contributed by atoms with E-state index in [1.165, 1.54) is 11.1 Å². The Bertz CT molecular complexity index is 1030.